The smallest absolute Gasteiger partial charge is 0.413 e. The van der Waals surface area contributed by atoms with E-state index in [0.29, 0.717) is 11.6 Å². The summed E-state index contributed by atoms with van der Waals surface area (Å²) in [5.74, 6) is -1.22. The zero-order chi connectivity index (χ0) is 34.8. The minimum atomic E-state index is -4.30. The molecule has 1 amide bonds. The molecule has 5 rings (SSSR count). The van der Waals surface area contributed by atoms with Crippen LogP contribution in [-0.4, -0.2) is 71.5 Å². The number of carboxylic acids is 1. The van der Waals surface area contributed by atoms with Crippen LogP contribution < -0.4 is 9.46 Å². The van der Waals surface area contributed by atoms with Crippen molar-refractivity contribution >= 4 is 28.0 Å². The van der Waals surface area contributed by atoms with E-state index in [1.807, 2.05) is 38.1 Å². The number of nitrogens with zero attached hydrogens (tertiary/aromatic N) is 3. The molecule has 1 aromatic heterocycles. The van der Waals surface area contributed by atoms with Gasteiger partial charge in [-0.05, 0) is 81.9 Å². The fraction of sp³-hybridized carbons (Fsp3) is 0.371. The van der Waals surface area contributed by atoms with Gasteiger partial charge in [0.05, 0.1) is 28.8 Å². The summed E-state index contributed by atoms with van der Waals surface area (Å²) >= 11 is 0. The molecule has 2 aliphatic rings. The van der Waals surface area contributed by atoms with Crippen molar-refractivity contribution in [1.82, 2.24) is 14.9 Å². The molecule has 2 aromatic carbocycles. The van der Waals surface area contributed by atoms with Crippen molar-refractivity contribution in [2.45, 2.75) is 70.7 Å². The molecule has 0 saturated carbocycles. The van der Waals surface area contributed by atoms with E-state index in [0.717, 1.165) is 34.8 Å². The highest BCUT2D eigenvalue weighted by Crippen LogP contribution is 2.32. The molecule has 2 N–H and O–H groups in total. The second-order valence-electron chi connectivity index (χ2n) is 12.9. The summed E-state index contributed by atoms with van der Waals surface area (Å²) in [5.41, 5.74) is 2.95. The first-order valence-electron chi connectivity index (χ1n) is 15.6. The number of rotatable bonds is 9. The van der Waals surface area contributed by atoms with E-state index < -0.39 is 40.0 Å². The Morgan fingerprint density at radius 2 is 1.79 bits per heavy atom. The van der Waals surface area contributed by atoms with Crippen molar-refractivity contribution in [3.63, 3.8) is 0 Å². The van der Waals surface area contributed by atoms with Gasteiger partial charge in [0.25, 0.3) is 10.0 Å². The number of hydrogen-bond acceptors (Lipinski definition) is 9. The monoisotopic (exact) mass is 676 g/mol. The maximum absolute atomic E-state index is 13.5. The van der Waals surface area contributed by atoms with Crippen LogP contribution in [0.25, 0.3) is 11.3 Å². The molecule has 2 heterocycles. The van der Waals surface area contributed by atoms with Crippen LogP contribution in [0.3, 0.4) is 0 Å². The van der Waals surface area contributed by atoms with E-state index in [9.17, 15) is 23.1 Å². The third-order valence-corrected chi connectivity index (χ3v) is 9.13. The van der Waals surface area contributed by atoms with Gasteiger partial charge in [0.2, 0.25) is 11.8 Å². The van der Waals surface area contributed by atoms with Gasteiger partial charge in [-0.3, -0.25) is 4.90 Å². The standard InChI is InChI=1S/C35H40N4O8S/c1-21-10-7-13-24(16-21)28-19-46-30(39(28)34(42)47-35(4,5)6)20-45-29-18-27(31-22(2)11-8-12-23(31)3)36-33(37-29)38-48(43,44)26-15-9-14-25(17-26)32(40)41/h7-9,11-18,21,28,30H,10,19-20H2,1-6H3,(H,40,41)(H,36,37,38)/t21?,28-,30?/m1/s1. The number of anilines is 1. The van der Waals surface area contributed by atoms with Crippen LogP contribution in [0, 0.1) is 19.8 Å². The van der Waals surface area contributed by atoms with Crippen LogP contribution in [0.5, 0.6) is 5.88 Å². The quantitative estimate of drug-likeness (QED) is 0.271. The van der Waals surface area contributed by atoms with E-state index in [4.69, 9.17) is 14.2 Å². The van der Waals surface area contributed by atoms with Crippen molar-refractivity contribution in [3.8, 4) is 17.1 Å². The zero-order valence-corrected chi connectivity index (χ0v) is 28.6. The summed E-state index contributed by atoms with van der Waals surface area (Å²) in [5, 5.41) is 9.37. The molecule has 1 fully saturated rings. The van der Waals surface area contributed by atoms with Crippen LogP contribution in [0.15, 0.2) is 77.2 Å². The molecular weight excluding hydrogens is 636 g/mol. The van der Waals surface area contributed by atoms with Gasteiger partial charge in [-0.2, -0.15) is 4.98 Å². The number of allylic oxidation sites excluding steroid dienone is 2. The lowest BCUT2D eigenvalue weighted by Crippen LogP contribution is -2.47. The van der Waals surface area contributed by atoms with Crippen LogP contribution >= 0.6 is 0 Å². The highest BCUT2D eigenvalue weighted by molar-refractivity contribution is 7.92. The first kappa shape index (κ1) is 34.6. The van der Waals surface area contributed by atoms with Crippen LogP contribution in [-0.2, 0) is 19.5 Å². The number of hydrogen-bond donors (Lipinski definition) is 2. The Kier molecular flexibility index (Phi) is 9.92. The van der Waals surface area contributed by atoms with Crippen LogP contribution in [0.4, 0.5) is 10.7 Å². The van der Waals surface area contributed by atoms with E-state index in [1.54, 1.807) is 26.8 Å². The van der Waals surface area contributed by atoms with Gasteiger partial charge in [0.1, 0.15) is 12.2 Å². The normalized spacial score (nSPS) is 19.5. The number of nitrogens with one attached hydrogen (secondary N) is 1. The van der Waals surface area contributed by atoms with Gasteiger partial charge in [-0.1, -0.05) is 49.4 Å². The van der Waals surface area contributed by atoms with E-state index >= 15 is 0 Å². The molecule has 254 valence electrons. The van der Waals surface area contributed by atoms with Gasteiger partial charge in [-0.15, -0.1) is 0 Å². The van der Waals surface area contributed by atoms with Crippen molar-refractivity contribution in [1.29, 1.82) is 0 Å². The molecule has 12 nitrogen and oxygen atoms in total. The van der Waals surface area contributed by atoms with Gasteiger partial charge < -0.3 is 19.3 Å². The lowest BCUT2D eigenvalue weighted by molar-refractivity contribution is -0.0283. The highest BCUT2D eigenvalue weighted by Gasteiger charge is 2.42. The minimum Gasteiger partial charge on any atom is -0.478 e. The number of carbonyl (C=O) groups is 2. The fourth-order valence-electron chi connectivity index (χ4n) is 5.62. The Morgan fingerprint density at radius 1 is 1.08 bits per heavy atom. The van der Waals surface area contributed by atoms with Crippen molar-refractivity contribution in [3.05, 3.63) is 89.0 Å². The molecule has 0 bridgehead atoms. The number of carboxylic acid groups (broad SMARTS) is 1. The van der Waals surface area contributed by atoms with Crippen LogP contribution in [0.2, 0.25) is 0 Å². The summed E-state index contributed by atoms with van der Waals surface area (Å²) in [6.45, 7) is 11.4. The molecule has 2 unspecified atom stereocenters. The maximum Gasteiger partial charge on any atom is 0.413 e. The highest BCUT2D eigenvalue weighted by atomic mass is 32.2. The van der Waals surface area contributed by atoms with Gasteiger partial charge in [0, 0.05) is 11.6 Å². The van der Waals surface area contributed by atoms with Crippen molar-refractivity contribution < 1.29 is 37.3 Å². The average Bonchev–Trinajstić information content (AvgIpc) is 3.43. The number of amides is 1. The molecule has 3 atom stereocenters. The minimum absolute atomic E-state index is 0.0289. The molecule has 13 heteroatoms. The number of ether oxygens (including phenoxy) is 3. The zero-order valence-electron chi connectivity index (χ0n) is 27.8. The predicted octanol–water partition coefficient (Wildman–Crippen LogP) is 6.12. The number of aromatic carboxylic acids is 1. The molecule has 1 aliphatic heterocycles. The third-order valence-electron chi connectivity index (χ3n) is 7.81. The first-order valence-corrected chi connectivity index (χ1v) is 17.1. The average molecular weight is 677 g/mol. The molecule has 1 saturated heterocycles. The van der Waals surface area contributed by atoms with Gasteiger partial charge in [-0.25, -0.2) is 27.7 Å². The molecule has 3 aromatic rings. The van der Waals surface area contributed by atoms with E-state index in [1.165, 1.54) is 23.1 Å². The molecule has 48 heavy (non-hydrogen) atoms. The number of carbonyl (C=O) groups excluding carboxylic acids is 1. The second-order valence-corrected chi connectivity index (χ2v) is 14.6. The fourth-order valence-corrected chi connectivity index (χ4v) is 6.61. The Balaban J connectivity index is 1.48. The Bertz CT molecular complexity index is 1860. The topological polar surface area (TPSA) is 157 Å². The Labute approximate surface area is 280 Å². The summed E-state index contributed by atoms with van der Waals surface area (Å²) in [4.78, 5) is 35.1. The first-order chi connectivity index (χ1) is 22.6. The summed E-state index contributed by atoms with van der Waals surface area (Å²) in [7, 11) is -4.30. The largest absolute Gasteiger partial charge is 0.478 e. The van der Waals surface area contributed by atoms with Crippen LogP contribution in [0.1, 0.15) is 55.6 Å². The molecule has 0 spiro atoms. The summed E-state index contributed by atoms with van der Waals surface area (Å²) < 4.78 is 47.1. The number of aromatic nitrogens is 2. The summed E-state index contributed by atoms with van der Waals surface area (Å²) in [6, 6.07) is 11.9. The molecular formula is C35H40N4O8S. The van der Waals surface area contributed by atoms with E-state index in [2.05, 4.69) is 33.8 Å². The third kappa shape index (κ3) is 8.03. The number of sulfonamides is 1. The van der Waals surface area contributed by atoms with Gasteiger partial charge in [0.15, 0.2) is 6.23 Å². The maximum atomic E-state index is 13.5. The molecule has 1 aliphatic carbocycles. The Hall–Kier alpha value is -4.75. The number of benzene rings is 2. The lowest BCUT2D eigenvalue weighted by Gasteiger charge is -2.32. The van der Waals surface area contributed by atoms with Gasteiger partial charge >= 0.3 is 12.1 Å². The van der Waals surface area contributed by atoms with Crippen molar-refractivity contribution in [2.24, 2.45) is 5.92 Å². The van der Waals surface area contributed by atoms with E-state index in [-0.39, 0.29) is 35.5 Å². The number of aryl methyl sites for hydroxylation is 2. The SMILES string of the molecule is Cc1cccc(C)c1-c1cc(OCC2OC[C@H](C3=CC(C)CC=C3)N2C(=O)OC(C)(C)C)nc(NS(=O)(=O)c2cccc(C(=O)O)c2)n1. The predicted molar refractivity (Wildman–Crippen MR) is 179 cm³/mol. The molecule has 0 radical (unpaired) electrons. The second kappa shape index (κ2) is 13.8. The Morgan fingerprint density at radius 3 is 2.46 bits per heavy atom. The lowest BCUT2D eigenvalue weighted by atomic mass is 9.93. The van der Waals surface area contributed by atoms with Crippen molar-refractivity contribution in [2.75, 3.05) is 17.9 Å². The summed E-state index contributed by atoms with van der Waals surface area (Å²) in [6.07, 6.45) is 5.72.